The van der Waals surface area contributed by atoms with E-state index in [1.807, 2.05) is 0 Å². The summed E-state index contributed by atoms with van der Waals surface area (Å²) in [4.78, 5) is 4.36. The molecule has 0 spiro atoms. The zero-order chi connectivity index (χ0) is 27.4. The van der Waals surface area contributed by atoms with E-state index in [0.29, 0.717) is 0 Å². The van der Waals surface area contributed by atoms with E-state index in [-0.39, 0.29) is 15.0 Å². The van der Waals surface area contributed by atoms with E-state index in [2.05, 4.69) is 181 Å². The maximum atomic E-state index is 6.06. The summed E-state index contributed by atoms with van der Waals surface area (Å²) in [5.41, 5.74) is 0. The number of benzene rings is 4. The molecule has 0 radical (unpaired) electrons. The zero-order valence-corrected chi connectivity index (χ0v) is 31.5. The van der Waals surface area contributed by atoms with Crippen LogP contribution in [0.5, 0.6) is 0 Å². The second-order valence-electron chi connectivity index (χ2n) is 9.37. The van der Waals surface area contributed by atoms with E-state index >= 15 is 0 Å². The molecule has 8 heteroatoms. The molecule has 4 aromatic carbocycles. The van der Waals surface area contributed by atoms with Crippen LogP contribution in [0, 0.1) is 0 Å². The van der Waals surface area contributed by atoms with Crippen LogP contribution >= 0.6 is 9.38 Å². The van der Waals surface area contributed by atoms with Crippen LogP contribution in [0.3, 0.4) is 0 Å². The Hall–Kier alpha value is 0.0392. The van der Waals surface area contributed by atoms with Crippen LogP contribution in [0.1, 0.15) is 0 Å². The van der Waals surface area contributed by atoms with Gasteiger partial charge < -0.3 is 9.80 Å². The fraction of sp³-hybridized carbons (Fsp3) is 0.200. The molecule has 3 nitrogen and oxygen atoms in total. The first-order valence-corrected chi connectivity index (χ1v) is 30.0. The summed E-state index contributed by atoms with van der Waals surface area (Å²) in [6.07, 6.45) is 0. The Labute approximate surface area is 264 Å². The average Bonchev–Trinajstić information content (AvgIpc) is 2.97. The van der Waals surface area contributed by atoms with E-state index in [9.17, 15) is 0 Å². The first-order valence-electron chi connectivity index (χ1n) is 12.6. The molecule has 0 aliphatic rings. The predicted octanol–water partition coefficient (Wildman–Crippen LogP) is 4.32. The molecule has 0 heterocycles. The first-order chi connectivity index (χ1) is 18.3. The van der Waals surface area contributed by atoms with Crippen LogP contribution in [0.15, 0.2) is 126 Å². The van der Waals surface area contributed by atoms with Crippen molar-refractivity contribution in [3.8, 4) is 0 Å². The summed E-state index contributed by atoms with van der Waals surface area (Å²) in [5, 5.41) is 5.65. The van der Waals surface area contributed by atoms with Crippen molar-refractivity contribution < 1.29 is 0 Å². The SMILES string of the molecule is CN(C)CCN(C)C.[Na][Te]P(=NP(=[Te])(c1ccccc1)c1ccccc1)(c1ccccc1)c1ccccc1. The van der Waals surface area contributed by atoms with Crippen molar-refractivity contribution >= 4 is 90.4 Å². The molecule has 0 saturated carbocycles. The predicted molar refractivity (Wildman–Crippen MR) is 175 cm³/mol. The fourth-order valence-electron chi connectivity index (χ4n) is 3.85. The van der Waals surface area contributed by atoms with Crippen molar-refractivity contribution in [2.24, 2.45) is 4.52 Å². The summed E-state index contributed by atoms with van der Waals surface area (Å²) >= 11 is 3.30. The van der Waals surface area contributed by atoms with Crippen molar-refractivity contribution in [3.63, 3.8) is 0 Å². The van der Waals surface area contributed by atoms with Crippen LogP contribution in [0.4, 0.5) is 0 Å². The van der Waals surface area contributed by atoms with Crippen LogP contribution in [-0.2, 0) is 0 Å². The van der Waals surface area contributed by atoms with Crippen molar-refractivity contribution in [2.75, 3.05) is 41.3 Å². The Morgan fingerprint density at radius 1 is 0.579 bits per heavy atom. The normalized spacial score (nSPS) is 11.7. The molecule has 0 bridgehead atoms. The monoisotopic (exact) mass is 783 g/mol. The van der Waals surface area contributed by atoms with Crippen LogP contribution < -0.4 is 21.2 Å². The van der Waals surface area contributed by atoms with Gasteiger partial charge in [0.1, 0.15) is 0 Å². The first kappa shape index (κ1) is 32.6. The Morgan fingerprint density at radius 3 is 1.13 bits per heavy atom. The van der Waals surface area contributed by atoms with E-state index in [0.717, 1.165) is 13.1 Å². The summed E-state index contributed by atoms with van der Waals surface area (Å²) in [5.74, 6) is 0. The van der Waals surface area contributed by atoms with Gasteiger partial charge in [0.15, 0.2) is 0 Å². The number of hydrogen-bond acceptors (Lipinski definition) is 3. The van der Waals surface area contributed by atoms with Gasteiger partial charge in [-0.1, -0.05) is 0 Å². The third kappa shape index (κ3) is 9.02. The number of hydrogen-bond donors (Lipinski definition) is 0. The molecule has 0 atom stereocenters. The van der Waals surface area contributed by atoms with Gasteiger partial charge >= 0.3 is 216 Å². The van der Waals surface area contributed by atoms with E-state index in [1.54, 1.807) is 0 Å². The van der Waals surface area contributed by atoms with Gasteiger partial charge in [-0.15, -0.1) is 0 Å². The Bertz CT molecular complexity index is 1240. The Kier molecular flexibility index (Phi) is 14.1. The molecule has 0 unspecified atom stereocenters. The minimum absolute atomic E-state index is 0.256. The molecular formula is C30H36N3NaP2Te2. The fourth-order valence-corrected chi connectivity index (χ4v) is 42.7. The van der Waals surface area contributed by atoms with Crippen molar-refractivity contribution in [3.05, 3.63) is 121 Å². The third-order valence-electron chi connectivity index (χ3n) is 5.94. The number of rotatable bonds is 9. The maximum absolute atomic E-state index is 6.06. The van der Waals surface area contributed by atoms with Crippen LogP contribution in [0.25, 0.3) is 0 Å². The minimum atomic E-state index is -1.90. The molecule has 38 heavy (non-hydrogen) atoms. The Balaban J connectivity index is 0.000000436. The van der Waals surface area contributed by atoms with Gasteiger partial charge in [-0.3, -0.25) is 0 Å². The second-order valence-corrected chi connectivity index (χ2v) is 34.3. The standard InChI is InChI=1S/C24H20NP2Te2.C6H16N2.Na/c28-26(21-13-5-1-6-14-21,22-15-7-2-8-16-22)25-27(29,23-17-9-3-10-18-23)24-19-11-4-12-20-24;1-7(2)5-6-8(3)4;/h1-20H;5-6H2,1-4H3;/q-1;;+1. The van der Waals surface area contributed by atoms with E-state index < -0.39 is 9.38 Å². The van der Waals surface area contributed by atoms with Crippen molar-refractivity contribution in [1.82, 2.24) is 9.80 Å². The average molecular weight is 779 g/mol. The molecule has 0 aliphatic carbocycles. The van der Waals surface area contributed by atoms with Crippen LogP contribution in [-0.4, -0.2) is 111 Å². The molecular weight excluding hydrogens is 742 g/mol. The molecule has 4 aromatic rings. The summed E-state index contributed by atoms with van der Waals surface area (Å²) in [7, 11) is 8.35. The molecule has 194 valence electrons. The van der Waals surface area contributed by atoms with Gasteiger partial charge in [0.25, 0.3) is 0 Å². The molecule has 0 amide bonds. The Morgan fingerprint density at radius 2 is 0.868 bits per heavy atom. The van der Waals surface area contributed by atoms with E-state index in [1.165, 1.54) is 44.7 Å². The van der Waals surface area contributed by atoms with E-state index in [4.69, 9.17) is 4.52 Å². The quantitative estimate of drug-likeness (QED) is 0.187. The molecule has 0 N–H and O–H groups in total. The topological polar surface area (TPSA) is 18.8 Å². The zero-order valence-electron chi connectivity index (χ0n) is 23.0. The van der Waals surface area contributed by atoms with Gasteiger partial charge in [-0.2, -0.15) is 0 Å². The molecule has 0 fully saturated rings. The van der Waals surface area contributed by atoms with Gasteiger partial charge in [0, 0.05) is 13.1 Å². The van der Waals surface area contributed by atoms with Gasteiger partial charge in [0.2, 0.25) is 0 Å². The summed E-state index contributed by atoms with van der Waals surface area (Å²) < 4.78 is 2.39. The molecule has 0 saturated heterocycles. The molecule has 4 rings (SSSR count). The number of nitrogens with zero attached hydrogens (tertiary/aromatic N) is 3. The van der Waals surface area contributed by atoms with Crippen LogP contribution in [0.2, 0.25) is 0 Å². The van der Waals surface area contributed by atoms with Gasteiger partial charge in [-0.25, -0.2) is 0 Å². The second kappa shape index (κ2) is 16.5. The summed E-state index contributed by atoms with van der Waals surface area (Å²) in [6.45, 7) is 2.29. The van der Waals surface area contributed by atoms with Crippen molar-refractivity contribution in [2.45, 2.75) is 0 Å². The summed E-state index contributed by atoms with van der Waals surface area (Å²) in [6, 6.07) is 44.3. The van der Waals surface area contributed by atoms with Gasteiger partial charge in [0.05, 0.1) is 0 Å². The molecule has 0 aromatic heterocycles. The number of likely N-dealkylation sites (N-methyl/N-ethyl adjacent to an activating group) is 2. The van der Waals surface area contributed by atoms with Gasteiger partial charge in [-0.05, 0) is 28.2 Å². The molecule has 0 aliphatic heterocycles. The third-order valence-corrected chi connectivity index (χ3v) is 38.6. The van der Waals surface area contributed by atoms with Crippen molar-refractivity contribution in [1.29, 1.82) is 0 Å².